The maximum atomic E-state index is 11.1. The molecule has 0 aliphatic carbocycles. The smallest absolute Gasteiger partial charge is 0.223 e. The minimum atomic E-state index is -0.0837. The zero-order valence-electron chi connectivity index (χ0n) is 11.1. The third-order valence-corrected chi connectivity index (χ3v) is 3.58. The van der Waals surface area contributed by atoms with Gasteiger partial charge in [0, 0.05) is 32.9 Å². The number of carbonyl (C=O) groups is 1. The number of hydrogen-bond donors (Lipinski definition) is 0. The highest BCUT2D eigenvalue weighted by Gasteiger charge is 2.21. The molecular weight excluding hydrogens is 226 g/mol. The molecule has 1 fully saturated rings. The molecule has 1 aromatic carbocycles. The average molecular weight is 246 g/mol. The number of hydrogen-bond acceptors (Lipinski definition) is 2. The van der Waals surface area contributed by atoms with Crippen LogP contribution in [-0.2, 0) is 4.79 Å². The minimum Gasteiger partial charge on any atom is -0.490 e. The molecule has 1 aliphatic heterocycles. The fourth-order valence-corrected chi connectivity index (χ4v) is 2.20. The van der Waals surface area contributed by atoms with Crippen molar-refractivity contribution in [2.75, 3.05) is 13.1 Å². The summed E-state index contributed by atoms with van der Waals surface area (Å²) in [6.45, 7) is 9.12. The standard InChI is InChI=1S/C15H20NO2/c1-11-4-5-15(10-12(11)2)18-14-6-8-16(9-7-14)13(3)17/h4-5,10,14H,3,6-9H2,1-2H3. The van der Waals surface area contributed by atoms with E-state index >= 15 is 0 Å². The fourth-order valence-electron chi connectivity index (χ4n) is 2.20. The van der Waals surface area contributed by atoms with Gasteiger partial charge in [0.25, 0.3) is 0 Å². The van der Waals surface area contributed by atoms with E-state index in [0.717, 1.165) is 31.7 Å². The van der Waals surface area contributed by atoms with Crippen LogP contribution in [0, 0.1) is 20.8 Å². The molecule has 1 amide bonds. The topological polar surface area (TPSA) is 29.5 Å². The van der Waals surface area contributed by atoms with E-state index in [1.807, 2.05) is 6.07 Å². The summed E-state index contributed by atoms with van der Waals surface area (Å²) < 4.78 is 5.96. The monoisotopic (exact) mass is 246 g/mol. The van der Waals surface area contributed by atoms with Gasteiger partial charge in [-0.2, -0.15) is 0 Å². The van der Waals surface area contributed by atoms with Gasteiger partial charge in [-0.05, 0) is 37.1 Å². The van der Waals surface area contributed by atoms with Crippen molar-refractivity contribution in [1.82, 2.24) is 4.90 Å². The van der Waals surface area contributed by atoms with Gasteiger partial charge in [-0.15, -0.1) is 0 Å². The average Bonchev–Trinajstić information content (AvgIpc) is 2.34. The fraction of sp³-hybridized carbons (Fsp3) is 0.467. The van der Waals surface area contributed by atoms with Crippen molar-refractivity contribution in [1.29, 1.82) is 0 Å². The molecule has 0 bridgehead atoms. The molecule has 1 heterocycles. The molecule has 0 unspecified atom stereocenters. The van der Waals surface area contributed by atoms with E-state index in [0.29, 0.717) is 0 Å². The second kappa shape index (κ2) is 5.42. The number of nitrogens with zero attached hydrogens (tertiary/aromatic N) is 1. The Kier molecular flexibility index (Phi) is 3.90. The lowest BCUT2D eigenvalue weighted by atomic mass is 10.1. The Hall–Kier alpha value is -1.51. The van der Waals surface area contributed by atoms with Gasteiger partial charge < -0.3 is 9.64 Å². The Morgan fingerprint density at radius 1 is 1.28 bits per heavy atom. The maximum Gasteiger partial charge on any atom is 0.223 e. The summed E-state index contributed by atoms with van der Waals surface area (Å²) in [6.07, 6.45) is 1.98. The molecule has 18 heavy (non-hydrogen) atoms. The summed E-state index contributed by atoms with van der Waals surface area (Å²) in [5.74, 6) is 0.845. The Morgan fingerprint density at radius 3 is 2.50 bits per heavy atom. The van der Waals surface area contributed by atoms with Gasteiger partial charge in [-0.25, -0.2) is 0 Å². The molecule has 0 N–H and O–H groups in total. The van der Waals surface area contributed by atoms with Crippen LogP contribution < -0.4 is 4.74 Å². The maximum absolute atomic E-state index is 11.1. The van der Waals surface area contributed by atoms with Gasteiger partial charge in [-0.1, -0.05) is 6.07 Å². The molecule has 1 aliphatic rings. The predicted molar refractivity (Wildman–Crippen MR) is 71.5 cm³/mol. The molecule has 1 saturated heterocycles. The van der Waals surface area contributed by atoms with Crippen LogP contribution >= 0.6 is 0 Å². The van der Waals surface area contributed by atoms with Crippen molar-refractivity contribution in [3.8, 4) is 5.75 Å². The van der Waals surface area contributed by atoms with Gasteiger partial charge in [0.1, 0.15) is 11.9 Å². The largest absolute Gasteiger partial charge is 0.490 e. The molecule has 0 aromatic heterocycles. The van der Waals surface area contributed by atoms with Gasteiger partial charge >= 0.3 is 0 Å². The van der Waals surface area contributed by atoms with Crippen molar-refractivity contribution in [2.45, 2.75) is 32.8 Å². The van der Waals surface area contributed by atoms with Crippen molar-refractivity contribution in [2.24, 2.45) is 0 Å². The van der Waals surface area contributed by atoms with Crippen LogP contribution in [0.2, 0.25) is 0 Å². The Balaban J connectivity index is 1.91. The van der Waals surface area contributed by atoms with Gasteiger partial charge in [-0.3, -0.25) is 4.79 Å². The quantitative estimate of drug-likeness (QED) is 0.802. The van der Waals surface area contributed by atoms with Crippen molar-refractivity contribution >= 4 is 5.91 Å². The van der Waals surface area contributed by atoms with Crippen LogP contribution in [0.25, 0.3) is 0 Å². The van der Waals surface area contributed by atoms with Crippen LogP contribution in [0.4, 0.5) is 0 Å². The molecule has 0 atom stereocenters. The third kappa shape index (κ3) is 3.03. The molecule has 3 heteroatoms. The zero-order chi connectivity index (χ0) is 13.1. The first-order valence-electron chi connectivity index (χ1n) is 6.41. The first kappa shape index (κ1) is 12.9. The van der Waals surface area contributed by atoms with Gasteiger partial charge in [0.2, 0.25) is 5.91 Å². The lowest BCUT2D eigenvalue weighted by molar-refractivity contribution is -0.128. The van der Waals surface area contributed by atoms with E-state index in [4.69, 9.17) is 4.74 Å². The highest BCUT2D eigenvalue weighted by Crippen LogP contribution is 2.21. The molecule has 0 saturated carbocycles. The van der Waals surface area contributed by atoms with E-state index in [1.165, 1.54) is 11.1 Å². The van der Waals surface area contributed by atoms with E-state index in [9.17, 15) is 4.79 Å². The molecule has 1 radical (unpaired) electrons. The van der Waals surface area contributed by atoms with E-state index in [2.05, 4.69) is 32.9 Å². The number of carbonyl (C=O) groups excluding carboxylic acids is 1. The first-order chi connectivity index (χ1) is 8.56. The van der Waals surface area contributed by atoms with Gasteiger partial charge in [0.15, 0.2) is 0 Å². The number of amides is 1. The molecule has 97 valence electrons. The number of benzene rings is 1. The lowest BCUT2D eigenvalue weighted by Gasteiger charge is -2.31. The van der Waals surface area contributed by atoms with Crippen LogP contribution in [0.3, 0.4) is 0 Å². The lowest BCUT2D eigenvalue weighted by Crippen LogP contribution is -2.40. The summed E-state index contributed by atoms with van der Waals surface area (Å²) in [6, 6.07) is 6.18. The van der Waals surface area contributed by atoms with Crippen LogP contribution in [0.1, 0.15) is 24.0 Å². The Morgan fingerprint density at radius 2 is 1.94 bits per heavy atom. The van der Waals surface area contributed by atoms with Crippen LogP contribution in [-0.4, -0.2) is 30.0 Å². The van der Waals surface area contributed by atoms with E-state index in [-0.39, 0.29) is 12.0 Å². The molecule has 0 spiro atoms. The van der Waals surface area contributed by atoms with Crippen LogP contribution in [0.15, 0.2) is 18.2 Å². The summed E-state index contributed by atoms with van der Waals surface area (Å²) in [7, 11) is 0. The minimum absolute atomic E-state index is 0.0837. The summed E-state index contributed by atoms with van der Waals surface area (Å²) in [5, 5.41) is 0. The first-order valence-corrected chi connectivity index (χ1v) is 6.41. The predicted octanol–water partition coefficient (Wildman–Crippen LogP) is 2.51. The third-order valence-electron chi connectivity index (χ3n) is 3.58. The highest BCUT2D eigenvalue weighted by atomic mass is 16.5. The van der Waals surface area contributed by atoms with E-state index < -0.39 is 0 Å². The Labute approximate surface area is 109 Å². The zero-order valence-corrected chi connectivity index (χ0v) is 11.1. The summed E-state index contributed by atoms with van der Waals surface area (Å²) in [4.78, 5) is 12.9. The number of ether oxygens (including phenoxy) is 1. The second-order valence-corrected chi connectivity index (χ2v) is 4.94. The normalized spacial score (nSPS) is 16.7. The van der Waals surface area contributed by atoms with Crippen molar-refractivity contribution in [3.63, 3.8) is 0 Å². The molecule has 3 nitrogen and oxygen atoms in total. The molecule has 1 aromatic rings. The summed E-state index contributed by atoms with van der Waals surface area (Å²) >= 11 is 0. The van der Waals surface area contributed by atoms with Crippen molar-refractivity contribution in [3.05, 3.63) is 36.2 Å². The number of aryl methyl sites for hydroxylation is 2. The molecule has 2 rings (SSSR count). The number of rotatable bonds is 2. The highest BCUT2D eigenvalue weighted by molar-refractivity contribution is 5.80. The number of piperidine rings is 1. The summed E-state index contributed by atoms with van der Waals surface area (Å²) in [5.41, 5.74) is 2.53. The SMILES string of the molecule is [CH2]C(=O)N1CCC(Oc2ccc(C)c(C)c2)CC1. The number of likely N-dealkylation sites (tertiary alicyclic amines) is 1. The van der Waals surface area contributed by atoms with E-state index in [1.54, 1.807) is 4.90 Å². The van der Waals surface area contributed by atoms with Crippen LogP contribution in [0.5, 0.6) is 5.75 Å². The molecular formula is C15H20NO2. The second-order valence-electron chi connectivity index (χ2n) is 4.94. The van der Waals surface area contributed by atoms with Crippen molar-refractivity contribution < 1.29 is 9.53 Å². The van der Waals surface area contributed by atoms with Gasteiger partial charge in [0.05, 0.1) is 0 Å². The Bertz CT molecular complexity index is 434.